The third-order valence-electron chi connectivity index (χ3n) is 4.51. The molecule has 1 aromatic carbocycles. The number of para-hydroxylation sites is 1. The highest BCUT2D eigenvalue weighted by molar-refractivity contribution is 5.59. The van der Waals surface area contributed by atoms with Crippen LogP contribution < -0.4 is 15.4 Å². The van der Waals surface area contributed by atoms with Crippen molar-refractivity contribution in [2.75, 3.05) is 31.6 Å². The maximum Gasteiger partial charge on any atom is 0.163 e. The Labute approximate surface area is 159 Å². The molecule has 0 aliphatic carbocycles. The summed E-state index contributed by atoms with van der Waals surface area (Å²) in [4.78, 5) is 13.8. The number of hydrogen-bond donors (Lipinski definition) is 2. The molecule has 0 spiro atoms. The zero-order valence-corrected chi connectivity index (χ0v) is 15.2. The lowest BCUT2D eigenvalue weighted by Crippen LogP contribution is -2.17. The number of ether oxygens (including phenoxy) is 1. The average Bonchev–Trinajstić information content (AvgIpc) is 2.98. The number of pyridine rings is 1. The van der Waals surface area contributed by atoms with E-state index in [9.17, 15) is 0 Å². The Hall–Kier alpha value is -2.99. The van der Waals surface area contributed by atoms with E-state index in [0.717, 1.165) is 54.6 Å². The maximum absolute atomic E-state index is 5.78. The summed E-state index contributed by atoms with van der Waals surface area (Å²) in [6.07, 6.45) is 5.39. The monoisotopic (exact) mass is 361 g/mol. The van der Waals surface area contributed by atoms with Gasteiger partial charge in [0.15, 0.2) is 5.82 Å². The lowest BCUT2D eigenvalue weighted by molar-refractivity contribution is 0.332. The molecule has 3 heterocycles. The molecule has 6 heteroatoms. The van der Waals surface area contributed by atoms with E-state index in [1.807, 2.05) is 42.5 Å². The standard InChI is InChI=1S/C21H23N5O/c1-2-6-17(7-3-1)27-14-13-24-21-18-8-11-22-12-9-19(18)25-20(26-21)16-5-4-10-23-15-16/h1-7,10,15,22H,8-9,11-14H2,(H,24,25,26). The van der Waals surface area contributed by atoms with Crippen LogP contribution >= 0.6 is 0 Å². The number of nitrogens with zero attached hydrogens (tertiary/aromatic N) is 3. The lowest BCUT2D eigenvalue weighted by atomic mass is 10.1. The van der Waals surface area contributed by atoms with Crippen molar-refractivity contribution in [1.82, 2.24) is 20.3 Å². The summed E-state index contributed by atoms with van der Waals surface area (Å²) in [5.41, 5.74) is 3.24. The number of nitrogens with one attached hydrogen (secondary N) is 2. The van der Waals surface area contributed by atoms with Crippen LogP contribution in [0.15, 0.2) is 54.9 Å². The predicted molar refractivity (Wildman–Crippen MR) is 106 cm³/mol. The smallest absolute Gasteiger partial charge is 0.163 e. The van der Waals surface area contributed by atoms with E-state index < -0.39 is 0 Å². The SMILES string of the molecule is c1ccc(OCCNc2nc(-c3cccnc3)nc3c2CCNCC3)cc1. The molecule has 6 nitrogen and oxygen atoms in total. The van der Waals surface area contributed by atoms with Gasteiger partial charge >= 0.3 is 0 Å². The number of anilines is 1. The Kier molecular flexibility index (Phi) is 5.55. The van der Waals surface area contributed by atoms with E-state index in [1.54, 1.807) is 12.4 Å². The van der Waals surface area contributed by atoms with Crippen LogP contribution in [0.2, 0.25) is 0 Å². The summed E-state index contributed by atoms with van der Waals surface area (Å²) in [5.74, 6) is 2.50. The topological polar surface area (TPSA) is 72.0 Å². The van der Waals surface area contributed by atoms with Crippen molar-refractivity contribution in [2.45, 2.75) is 12.8 Å². The maximum atomic E-state index is 5.78. The van der Waals surface area contributed by atoms with E-state index >= 15 is 0 Å². The summed E-state index contributed by atoms with van der Waals surface area (Å²) in [7, 11) is 0. The van der Waals surface area contributed by atoms with E-state index in [4.69, 9.17) is 14.7 Å². The summed E-state index contributed by atoms with van der Waals surface area (Å²) in [5, 5.41) is 6.89. The van der Waals surface area contributed by atoms with Crippen molar-refractivity contribution in [2.24, 2.45) is 0 Å². The van der Waals surface area contributed by atoms with Crippen LogP contribution in [0.4, 0.5) is 5.82 Å². The molecule has 0 bridgehead atoms. The van der Waals surface area contributed by atoms with Crippen molar-refractivity contribution in [1.29, 1.82) is 0 Å². The van der Waals surface area contributed by atoms with Crippen LogP contribution in [-0.2, 0) is 12.8 Å². The number of fused-ring (bicyclic) bond motifs is 1. The highest BCUT2D eigenvalue weighted by Crippen LogP contribution is 2.24. The molecule has 2 aromatic heterocycles. The number of aromatic nitrogens is 3. The quantitative estimate of drug-likeness (QED) is 0.658. The average molecular weight is 361 g/mol. The Morgan fingerprint density at radius 1 is 1.00 bits per heavy atom. The van der Waals surface area contributed by atoms with E-state index in [0.29, 0.717) is 13.2 Å². The molecule has 1 aliphatic rings. The third kappa shape index (κ3) is 4.41. The van der Waals surface area contributed by atoms with Crippen LogP contribution in [0, 0.1) is 0 Å². The zero-order chi connectivity index (χ0) is 18.3. The number of rotatable bonds is 6. The molecule has 3 aromatic rings. The molecule has 0 atom stereocenters. The molecule has 2 N–H and O–H groups in total. The first-order chi connectivity index (χ1) is 13.4. The zero-order valence-electron chi connectivity index (χ0n) is 15.2. The molecule has 0 unspecified atom stereocenters. The van der Waals surface area contributed by atoms with Crippen molar-refractivity contribution in [3.05, 3.63) is 66.1 Å². The van der Waals surface area contributed by atoms with Crippen molar-refractivity contribution in [3.8, 4) is 17.1 Å². The second-order valence-electron chi connectivity index (χ2n) is 6.40. The van der Waals surface area contributed by atoms with Gasteiger partial charge in [-0.2, -0.15) is 0 Å². The Morgan fingerprint density at radius 3 is 2.74 bits per heavy atom. The van der Waals surface area contributed by atoms with Gasteiger partial charge in [0.25, 0.3) is 0 Å². The molecule has 4 rings (SSSR count). The minimum absolute atomic E-state index is 0.573. The minimum atomic E-state index is 0.573. The number of hydrogen-bond acceptors (Lipinski definition) is 6. The van der Waals surface area contributed by atoms with Gasteiger partial charge in [-0.15, -0.1) is 0 Å². The summed E-state index contributed by atoms with van der Waals surface area (Å²) in [6, 6.07) is 13.8. The largest absolute Gasteiger partial charge is 0.492 e. The molecular weight excluding hydrogens is 338 g/mol. The van der Waals surface area contributed by atoms with Crippen LogP contribution in [0.25, 0.3) is 11.4 Å². The summed E-state index contributed by atoms with van der Waals surface area (Å²) < 4.78 is 5.78. The fourth-order valence-electron chi connectivity index (χ4n) is 3.17. The molecule has 0 saturated heterocycles. The Morgan fingerprint density at radius 2 is 1.89 bits per heavy atom. The molecular formula is C21H23N5O. The van der Waals surface area contributed by atoms with E-state index in [2.05, 4.69) is 15.6 Å². The fraction of sp³-hybridized carbons (Fsp3) is 0.286. The van der Waals surface area contributed by atoms with E-state index in [-0.39, 0.29) is 0 Å². The van der Waals surface area contributed by atoms with Crippen LogP contribution in [0.3, 0.4) is 0 Å². The van der Waals surface area contributed by atoms with Crippen LogP contribution in [0.1, 0.15) is 11.3 Å². The summed E-state index contributed by atoms with van der Waals surface area (Å²) in [6.45, 7) is 3.13. The third-order valence-corrected chi connectivity index (χ3v) is 4.51. The van der Waals surface area contributed by atoms with Gasteiger partial charge in [0, 0.05) is 36.5 Å². The van der Waals surface area contributed by atoms with Gasteiger partial charge in [-0.1, -0.05) is 18.2 Å². The lowest BCUT2D eigenvalue weighted by Gasteiger charge is -2.15. The van der Waals surface area contributed by atoms with Gasteiger partial charge < -0.3 is 15.4 Å². The normalized spacial score (nSPS) is 13.5. The molecule has 0 amide bonds. The van der Waals surface area contributed by atoms with E-state index in [1.165, 1.54) is 5.56 Å². The molecule has 0 radical (unpaired) electrons. The molecule has 27 heavy (non-hydrogen) atoms. The van der Waals surface area contributed by atoms with Gasteiger partial charge in [0.2, 0.25) is 0 Å². The first-order valence-corrected chi connectivity index (χ1v) is 9.33. The fourth-order valence-corrected chi connectivity index (χ4v) is 3.17. The van der Waals surface area contributed by atoms with Gasteiger partial charge in [0.05, 0.1) is 12.2 Å². The van der Waals surface area contributed by atoms with Crippen molar-refractivity contribution in [3.63, 3.8) is 0 Å². The number of benzene rings is 1. The van der Waals surface area contributed by atoms with Gasteiger partial charge in [-0.05, 0) is 37.2 Å². The molecule has 138 valence electrons. The second-order valence-corrected chi connectivity index (χ2v) is 6.40. The van der Waals surface area contributed by atoms with Crippen molar-refractivity contribution < 1.29 is 4.74 Å². The molecule has 0 saturated carbocycles. The minimum Gasteiger partial charge on any atom is -0.492 e. The van der Waals surface area contributed by atoms with Gasteiger partial charge in [-0.3, -0.25) is 4.98 Å². The van der Waals surface area contributed by atoms with Gasteiger partial charge in [-0.25, -0.2) is 9.97 Å². The first-order valence-electron chi connectivity index (χ1n) is 9.33. The molecule has 0 fully saturated rings. The highest BCUT2D eigenvalue weighted by Gasteiger charge is 2.17. The second kappa shape index (κ2) is 8.60. The van der Waals surface area contributed by atoms with Crippen LogP contribution in [-0.4, -0.2) is 41.2 Å². The first kappa shape index (κ1) is 17.4. The summed E-state index contributed by atoms with van der Waals surface area (Å²) >= 11 is 0. The predicted octanol–water partition coefficient (Wildman–Crippen LogP) is 2.72. The molecule has 1 aliphatic heterocycles. The Balaban J connectivity index is 1.52. The Bertz CT molecular complexity index is 871. The highest BCUT2D eigenvalue weighted by atomic mass is 16.5. The van der Waals surface area contributed by atoms with Gasteiger partial charge in [0.1, 0.15) is 18.2 Å². The van der Waals surface area contributed by atoms with Crippen molar-refractivity contribution >= 4 is 5.82 Å². The van der Waals surface area contributed by atoms with Crippen LogP contribution in [0.5, 0.6) is 5.75 Å².